The van der Waals surface area contributed by atoms with Gasteiger partial charge in [-0.15, -0.1) is 0 Å². The molecule has 166 valence electrons. The molecule has 2 rings (SSSR count). The minimum Gasteiger partial charge on any atom is -0.508 e. The zero-order valence-corrected chi connectivity index (χ0v) is 15.3. The quantitative estimate of drug-likeness (QED) is 0.314. The number of nitrogens with one attached hydrogen (secondary N) is 1. The molecule has 0 aliphatic carbocycles. The van der Waals surface area contributed by atoms with E-state index < -0.39 is 142 Å². The number of hydrogen-bond acceptors (Lipinski definition) is 5. The molecule has 0 amide bonds. The summed E-state index contributed by atoms with van der Waals surface area (Å²) in [5.41, 5.74) is -3.44. The fraction of sp³-hybridized carbons (Fsp3) is 0.520. The lowest BCUT2D eigenvalue weighted by molar-refractivity contribution is 0.126. The maximum atomic E-state index is 10.9. The van der Waals surface area contributed by atoms with Crippen molar-refractivity contribution in [1.82, 2.24) is 5.32 Å². The molecule has 5 nitrogen and oxygen atoms in total. The minimum absolute atomic E-state index is 0.453. The Morgan fingerprint density at radius 2 is 1.87 bits per heavy atom. The topological polar surface area (TPSA) is 82.0 Å². The molecule has 4 N–H and O–H groups in total. The second-order valence-electron chi connectivity index (χ2n) is 4.90. The van der Waals surface area contributed by atoms with E-state index in [0.717, 1.165) is 5.32 Å². The van der Waals surface area contributed by atoms with Crippen LogP contribution in [0.25, 0.3) is 0 Å². The van der Waals surface area contributed by atoms with E-state index in [2.05, 4.69) is 4.74 Å². The molecule has 30 heavy (non-hydrogen) atoms. The summed E-state index contributed by atoms with van der Waals surface area (Å²) in [7, 11) is 0. The minimum atomic E-state index is -4.71. The lowest BCUT2D eigenvalue weighted by Crippen LogP contribution is -2.22. The van der Waals surface area contributed by atoms with Crippen LogP contribution in [0.2, 0.25) is 0 Å². The van der Waals surface area contributed by atoms with Gasteiger partial charge in [0.1, 0.15) is 5.75 Å². The fourth-order valence-electron chi connectivity index (χ4n) is 1.61. The van der Waals surface area contributed by atoms with Crippen molar-refractivity contribution in [3.8, 4) is 5.75 Å². The Morgan fingerprint density at radius 1 is 1.07 bits per heavy atom. The Morgan fingerprint density at radius 3 is 2.67 bits per heavy atom. The van der Waals surface area contributed by atoms with Crippen LogP contribution in [-0.4, -0.2) is 41.5 Å². The molecule has 0 aromatic heterocycles. The molecular formula is C25H37NO4. The van der Waals surface area contributed by atoms with Gasteiger partial charge >= 0.3 is 0 Å². The summed E-state index contributed by atoms with van der Waals surface area (Å²) in [5, 5.41) is 31.5. The molecule has 2 aromatic carbocycles. The van der Waals surface area contributed by atoms with Crippen molar-refractivity contribution < 1.29 is 57.1 Å². The van der Waals surface area contributed by atoms with E-state index in [-0.39, 0.29) is 0 Å². The van der Waals surface area contributed by atoms with Crippen LogP contribution >= 0.6 is 0 Å². The van der Waals surface area contributed by atoms with Gasteiger partial charge in [-0.2, -0.15) is 0 Å². The van der Waals surface area contributed by atoms with Crippen LogP contribution in [0.1, 0.15) is 98.0 Å². The third-order valence-corrected chi connectivity index (χ3v) is 2.90. The van der Waals surface area contributed by atoms with Crippen molar-refractivity contribution in [3.05, 3.63) is 65.1 Å². The zero-order chi connectivity index (χ0) is 45.5. The van der Waals surface area contributed by atoms with E-state index in [1.54, 1.807) is 0 Å². The molecule has 0 aliphatic heterocycles. The highest BCUT2D eigenvalue weighted by molar-refractivity contribution is 5.36. The average molecular weight is 443 g/mol. The molecule has 5 heteroatoms. The summed E-state index contributed by atoms with van der Waals surface area (Å²) in [4.78, 5) is 0. The van der Waals surface area contributed by atoms with Crippen LogP contribution in [0.5, 0.6) is 5.75 Å². The van der Waals surface area contributed by atoms with Gasteiger partial charge in [0.05, 0.1) is 25.0 Å². The Balaban J connectivity index is 2.57. The summed E-state index contributed by atoms with van der Waals surface area (Å²) in [6.07, 6.45) is -34.0. The first-order chi connectivity index (χ1) is 24.9. The van der Waals surface area contributed by atoms with Crippen molar-refractivity contribution >= 4 is 0 Å². The van der Waals surface area contributed by atoms with E-state index in [9.17, 15) is 15.3 Å². The largest absolute Gasteiger partial charge is 0.508 e. The molecule has 1 atom stereocenters. The summed E-state index contributed by atoms with van der Waals surface area (Å²) >= 11 is 0. The molecule has 1 unspecified atom stereocenters. The van der Waals surface area contributed by atoms with Gasteiger partial charge in [-0.3, -0.25) is 0 Å². The number of aliphatic hydroxyl groups excluding tert-OH is 1. The van der Waals surface area contributed by atoms with Gasteiger partial charge in [-0.25, -0.2) is 0 Å². The van der Waals surface area contributed by atoms with E-state index in [1.807, 2.05) is 0 Å². The van der Waals surface area contributed by atoms with Gasteiger partial charge in [0.2, 0.25) is 0 Å². The first-order valence-corrected chi connectivity index (χ1v) is 8.12. The third kappa shape index (κ3) is 9.72. The van der Waals surface area contributed by atoms with Gasteiger partial charge in [-0.05, 0) is 61.6 Å². The van der Waals surface area contributed by atoms with Gasteiger partial charge in [0.15, 0.2) is 0 Å². The average Bonchev–Trinajstić information content (AvgIpc) is 3.01. The highest BCUT2D eigenvalue weighted by Gasteiger charge is 2.09. The number of ether oxygens (including phenoxy) is 1. The molecule has 0 saturated carbocycles. The predicted molar refractivity (Wildman–Crippen MR) is 121 cm³/mol. The number of rotatable bonds is 16. The Kier molecular flexibility index (Phi) is 3.27. The van der Waals surface area contributed by atoms with Crippen LogP contribution in [-0.2, 0) is 17.7 Å². The Hall–Kier alpha value is -1.92. The highest BCUT2D eigenvalue weighted by atomic mass is 16.5. The van der Waals surface area contributed by atoms with Crippen molar-refractivity contribution in [1.29, 1.82) is 0 Å². The maximum Gasteiger partial charge on any atom is 0.121 e. The normalized spacial score (nSPS) is 31.2. The van der Waals surface area contributed by atoms with Gasteiger partial charge < -0.3 is 25.4 Å². The monoisotopic (exact) mass is 442 g/mol. The number of aliphatic hydroxyl groups is 2. The molecule has 0 aliphatic rings. The molecular weight excluding hydrogens is 378 g/mol. The number of benzene rings is 2. The Bertz CT molecular complexity index is 1820. The molecule has 2 aromatic rings. The van der Waals surface area contributed by atoms with Crippen LogP contribution in [0.3, 0.4) is 0 Å². The standard InChI is InChI=1S/C25H37NO4/c27-20-23-18-22(13-14-24(23)28)25(29)19-26-15-7-1-2-8-16-30-17-9-6-12-21-10-4-3-5-11-21/h3-5,10-11,13-14,18,25-29H,1-2,6-9,12,15-17,19-20H2/i1D2,2D2,3D,6D2,7D2,8D2,9D2,10D,11D,12D2,13D,14D,15D2,16D2,18D,19D2,25D. The molecule has 0 radical (unpaired) electrons. The lowest BCUT2D eigenvalue weighted by atomic mass is 10.1. The maximum absolute atomic E-state index is 10.9. The van der Waals surface area contributed by atoms with Crippen molar-refractivity contribution in [2.75, 3.05) is 26.2 Å². The van der Waals surface area contributed by atoms with Crippen LogP contribution < -0.4 is 5.32 Å². The molecule has 0 spiro atoms. The van der Waals surface area contributed by atoms with Crippen molar-refractivity contribution in [2.24, 2.45) is 0 Å². The zero-order valence-electron chi connectivity index (χ0n) is 42.3. The predicted octanol–water partition coefficient (Wildman–Crippen LogP) is 4.11. The smallest absolute Gasteiger partial charge is 0.121 e. The summed E-state index contributed by atoms with van der Waals surface area (Å²) in [5.74, 6) is -1.18. The first-order valence-electron chi connectivity index (χ1n) is 21.6. The third-order valence-electron chi connectivity index (χ3n) is 2.90. The second kappa shape index (κ2) is 15.0. The van der Waals surface area contributed by atoms with Crippen LogP contribution in [0.15, 0.2) is 48.4 Å². The van der Waals surface area contributed by atoms with E-state index in [1.165, 1.54) is 0 Å². The van der Waals surface area contributed by atoms with Gasteiger partial charge in [0, 0.05) is 49.9 Å². The molecule has 0 fully saturated rings. The number of hydrogen-bond donors (Lipinski definition) is 4. The fourth-order valence-corrected chi connectivity index (χ4v) is 1.61. The SMILES string of the molecule is [2H]c1cc([2H])c(C([2H])([2H])C([2H])([2H])C([2H])([2H])COC([2H])([2H])C([2H])([2H])C([2H])([2H])C([2H])([2H])C([2H])([2H])C([2H])([2H])NC([2H])([2H])C([2H])(O)c2c([2H])c([2H])c(O)c(CO)c2[2H])c([2H])c1. The Labute approximate surface area is 218 Å². The highest BCUT2D eigenvalue weighted by Crippen LogP contribution is 2.22. The van der Waals surface area contributed by atoms with Crippen LogP contribution in [0.4, 0.5) is 0 Å². The second-order valence-corrected chi connectivity index (χ2v) is 4.90. The molecule has 0 saturated heterocycles. The molecule has 0 heterocycles. The van der Waals surface area contributed by atoms with Crippen molar-refractivity contribution in [3.63, 3.8) is 0 Å². The number of aromatic hydroxyl groups is 1. The van der Waals surface area contributed by atoms with Gasteiger partial charge in [-0.1, -0.05) is 49.0 Å². The summed E-state index contributed by atoms with van der Waals surface area (Å²) in [6, 6.07) is -4.77. The lowest BCUT2D eigenvalue weighted by Gasteiger charge is -2.14. The van der Waals surface area contributed by atoms with E-state index >= 15 is 0 Å². The van der Waals surface area contributed by atoms with Crippen molar-refractivity contribution in [2.45, 2.75) is 57.3 Å². The molecule has 0 bridgehead atoms. The van der Waals surface area contributed by atoms with E-state index in [4.69, 9.17) is 37.0 Å². The summed E-state index contributed by atoms with van der Waals surface area (Å²) < 4.78 is 225. The van der Waals surface area contributed by atoms with Gasteiger partial charge in [0.25, 0.3) is 0 Å². The number of phenols is 1. The van der Waals surface area contributed by atoms with Crippen LogP contribution in [0, 0.1) is 0 Å². The first kappa shape index (κ1) is 6.55. The summed E-state index contributed by atoms with van der Waals surface area (Å²) in [6.45, 7) is -16.2. The van der Waals surface area contributed by atoms with E-state index in [0.29, 0.717) is 12.1 Å².